The van der Waals surface area contributed by atoms with Crippen molar-refractivity contribution in [2.45, 2.75) is 20.1 Å². The van der Waals surface area contributed by atoms with Crippen LogP contribution in [0.3, 0.4) is 0 Å². The van der Waals surface area contributed by atoms with Crippen LogP contribution in [0.1, 0.15) is 16.8 Å². The summed E-state index contributed by atoms with van der Waals surface area (Å²) in [7, 11) is 0. The quantitative estimate of drug-likeness (QED) is 0.805. The van der Waals surface area contributed by atoms with E-state index in [2.05, 4.69) is 0 Å². The number of carbonyl (C=O) groups excluding carboxylic acids is 1. The van der Waals surface area contributed by atoms with Crippen LogP contribution < -0.4 is 4.87 Å². The van der Waals surface area contributed by atoms with Crippen LogP contribution in [0.4, 0.5) is 0 Å². The predicted molar refractivity (Wildman–Crippen MR) is 74.3 cm³/mol. The van der Waals surface area contributed by atoms with E-state index in [-0.39, 0.29) is 18.0 Å². The lowest BCUT2D eigenvalue weighted by Gasteiger charge is -2.07. The van der Waals surface area contributed by atoms with Crippen molar-refractivity contribution in [2.75, 3.05) is 0 Å². The molecule has 1 heterocycles. The van der Waals surface area contributed by atoms with Crippen molar-refractivity contribution in [3.8, 4) is 6.07 Å². The van der Waals surface area contributed by atoms with Gasteiger partial charge in [0.2, 0.25) is 0 Å². The van der Waals surface area contributed by atoms with E-state index >= 15 is 0 Å². The Kier molecular flexibility index (Phi) is 4.33. The molecule has 0 N–H and O–H groups in total. The first-order valence-corrected chi connectivity index (χ1v) is 6.78. The van der Waals surface area contributed by atoms with Crippen molar-refractivity contribution >= 4 is 17.3 Å². The van der Waals surface area contributed by atoms with Gasteiger partial charge in [0.25, 0.3) is 0 Å². The molecule has 0 unspecified atom stereocenters. The molecule has 5 nitrogen and oxygen atoms in total. The van der Waals surface area contributed by atoms with Crippen LogP contribution >= 0.6 is 11.3 Å². The van der Waals surface area contributed by atoms with Gasteiger partial charge in [0.15, 0.2) is 0 Å². The standard InChI is InChI=1S/C14H12N2O3S/c1-10-9-20-14(18)16(10)7-13(17)19-8-12-5-3-2-4-11(12)6-15/h2-5,9H,7-8H2,1H3. The molecule has 1 aromatic heterocycles. The molecular formula is C14H12N2O3S. The second-order valence-electron chi connectivity index (χ2n) is 4.16. The monoisotopic (exact) mass is 288 g/mol. The number of hydrogen-bond acceptors (Lipinski definition) is 5. The summed E-state index contributed by atoms with van der Waals surface area (Å²) in [5.74, 6) is -0.499. The molecule has 1 aromatic carbocycles. The highest BCUT2D eigenvalue weighted by Gasteiger charge is 2.10. The molecule has 0 radical (unpaired) electrons. The fourth-order valence-electron chi connectivity index (χ4n) is 1.68. The molecule has 0 aliphatic rings. The molecule has 2 aromatic rings. The number of nitriles is 1. The fraction of sp³-hybridized carbons (Fsp3) is 0.214. The zero-order valence-corrected chi connectivity index (χ0v) is 11.6. The topological polar surface area (TPSA) is 72.1 Å². The van der Waals surface area contributed by atoms with Crippen molar-refractivity contribution in [1.29, 1.82) is 5.26 Å². The Morgan fingerprint density at radius 3 is 2.85 bits per heavy atom. The van der Waals surface area contributed by atoms with Gasteiger partial charge in [0.1, 0.15) is 13.2 Å². The summed E-state index contributed by atoms with van der Waals surface area (Å²) in [5, 5.41) is 10.6. The Labute approximate surface area is 119 Å². The number of carbonyl (C=O) groups is 1. The van der Waals surface area contributed by atoms with E-state index in [0.717, 1.165) is 17.0 Å². The van der Waals surface area contributed by atoms with E-state index in [9.17, 15) is 9.59 Å². The summed E-state index contributed by atoms with van der Waals surface area (Å²) < 4.78 is 6.47. The number of ether oxygens (including phenoxy) is 1. The highest BCUT2D eigenvalue weighted by molar-refractivity contribution is 7.07. The van der Waals surface area contributed by atoms with Crippen molar-refractivity contribution in [3.05, 3.63) is 56.1 Å². The minimum atomic E-state index is -0.499. The lowest BCUT2D eigenvalue weighted by molar-refractivity contribution is -0.145. The Hall–Kier alpha value is -2.39. The first kappa shape index (κ1) is 14.0. The van der Waals surface area contributed by atoms with Gasteiger partial charge in [0, 0.05) is 16.6 Å². The van der Waals surface area contributed by atoms with Gasteiger partial charge in [0.05, 0.1) is 11.6 Å². The molecular weight excluding hydrogens is 276 g/mol. The molecule has 20 heavy (non-hydrogen) atoms. The maximum atomic E-state index is 11.7. The van der Waals surface area contributed by atoms with E-state index in [1.54, 1.807) is 36.6 Å². The summed E-state index contributed by atoms with van der Waals surface area (Å²) in [4.78, 5) is 23.0. The number of esters is 1. The van der Waals surface area contributed by atoms with E-state index in [4.69, 9.17) is 10.00 Å². The van der Waals surface area contributed by atoms with Crippen LogP contribution in [0.25, 0.3) is 0 Å². The number of benzene rings is 1. The van der Waals surface area contributed by atoms with Gasteiger partial charge in [-0.05, 0) is 13.0 Å². The summed E-state index contributed by atoms with van der Waals surface area (Å²) in [6.45, 7) is 1.68. The van der Waals surface area contributed by atoms with E-state index < -0.39 is 5.97 Å². The lowest BCUT2D eigenvalue weighted by Crippen LogP contribution is -2.22. The summed E-state index contributed by atoms with van der Waals surface area (Å²) in [6.07, 6.45) is 0. The van der Waals surface area contributed by atoms with Gasteiger partial charge in [-0.15, -0.1) is 0 Å². The Balaban J connectivity index is 2.00. The van der Waals surface area contributed by atoms with E-state index in [1.165, 1.54) is 4.57 Å². The number of hydrogen-bond donors (Lipinski definition) is 0. The Bertz CT molecular complexity index is 725. The highest BCUT2D eigenvalue weighted by Crippen LogP contribution is 2.09. The van der Waals surface area contributed by atoms with Crippen LogP contribution in [0.5, 0.6) is 0 Å². The number of aromatic nitrogens is 1. The second kappa shape index (κ2) is 6.17. The largest absolute Gasteiger partial charge is 0.459 e. The number of rotatable bonds is 4. The molecule has 2 rings (SSSR count). The van der Waals surface area contributed by atoms with Gasteiger partial charge in [-0.25, -0.2) is 0 Å². The van der Waals surface area contributed by atoms with Crippen molar-refractivity contribution in [1.82, 2.24) is 4.57 Å². The average molecular weight is 288 g/mol. The second-order valence-corrected chi connectivity index (χ2v) is 4.98. The summed E-state index contributed by atoms with van der Waals surface area (Å²) in [6, 6.07) is 8.96. The van der Waals surface area contributed by atoms with Crippen LogP contribution in [0.2, 0.25) is 0 Å². The SMILES string of the molecule is Cc1csc(=O)n1CC(=O)OCc1ccccc1C#N. The van der Waals surface area contributed by atoms with Gasteiger partial charge in [-0.2, -0.15) is 5.26 Å². The maximum Gasteiger partial charge on any atom is 0.326 e. The molecule has 0 atom stereocenters. The molecule has 6 heteroatoms. The maximum absolute atomic E-state index is 11.7. The molecule has 0 saturated heterocycles. The smallest absolute Gasteiger partial charge is 0.326 e. The van der Waals surface area contributed by atoms with Crippen LogP contribution in [-0.2, 0) is 22.7 Å². The highest BCUT2D eigenvalue weighted by atomic mass is 32.1. The van der Waals surface area contributed by atoms with Crippen molar-refractivity contribution < 1.29 is 9.53 Å². The Morgan fingerprint density at radius 2 is 2.20 bits per heavy atom. The number of thiazole rings is 1. The third-order valence-electron chi connectivity index (χ3n) is 2.79. The molecule has 0 saturated carbocycles. The zero-order chi connectivity index (χ0) is 14.5. The molecule has 0 aliphatic heterocycles. The van der Waals surface area contributed by atoms with Gasteiger partial charge < -0.3 is 4.74 Å². The molecule has 0 spiro atoms. The third kappa shape index (κ3) is 3.13. The van der Waals surface area contributed by atoms with Gasteiger partial charge >= 0.3 is 10.8 Å². The van der Waals surface area contributed by atoms with Crippen molar-refractivity contribution in [2.24, 2.45) is 0 Å². The zero-order valence-electron chi connectivity index (χ0n) is 10.8. The van der Waals surface area contributed by atoms with E-state index in [0.29, 0.717) is 11.1 Å². The summed E-state index contributed by atoms with van der Waals surface area (Å²) in [5.41, 5.74) is 1.86. The minimum absolute atomic E-state index is 0.0283. The molecule has 0 amide bonds. The molecule has 0 aliphatic carbocycles. The van der Waals surface area contributed by atoms with Crippen LogP contribution in [-0.4, -0.2) is 10.5 Å². The fourth-order valence-corrected chi connectivity index (χ4v) is 2.42. The average Bonchev–Trinajstić information content (AvgIpc) is 2.77. The normalized spacial score (nSPS) is 10.0. The van der Waals surface area contributed by atoms with Gasteiger partial charge in [-0.1, -0.05) is 29.5 Å². The van der Waals surface area contributed by atoms with Gasteiger partial charge in [-0.3, -0.25) is 14.2 Å². The predicted octanol–water partition coefficient (Wildman–Crippen LogP) is 1.83. The third-order valence-corrected chi connectivity index (χ3v) is 3.67. The molecule has 0 bridgehead atoms. The summed E-state index contributed by atoms with van der Waals surface area (Å²) >= 11 is 1.05. The molecule has 0 fully saturated rings. The number of aryl methyl sites for hydroxylation is 1. The van der Waals surface area contributed by atoms with Crippen molar-refractivity contribution in [3.63, 3.8) is 0 Å². The van der Waals surface area contributed by atoms with E-state index in [1.807, 2.05) is 6.07 Å². The minimum Gasteiger partial charge on any atom is -0.459 e. The number of nitrogens with zero attached hydrogens (tertiary/aromatic N) is 2. The first-order valence-electron chi connectivity index (χ1n) is 5.90. The lowest BCUT2D eigenvalue weighted by atomic mass is 10.1. The van der Waals surface area contributed by atoms with Crippen LogP contribution in [0.15, 0.2) is 34.4 Å². The van der Waals surface area contributed by atoms with Crippen LogP contribution in [0, 0.1) is 18.3 Å². The Morgan fingerprint density at radius 1 is 1.45 bits per heavy atom. The molecule has 102 valence electrons. The first-order chi connectivity index (χ1) is 9.61.